The van der Waals surface area contributed by atoms with Gasteiger partial charge in [0, 0.05) is 36.9 Å². The van der Waals surface area contributed by atoms with Crippen LogP contribution in [-0.4, -0.2) is 25.0 Å². The van der Waals surface area contributed by atoms with Crippen molar-refractivity contribution >= 4 is 17.3 Å². The zero-order valence-corrected chi connectivity index (χ0v) is 13.0. The van der Waals surface area contributed by atoms with Crippen LogP contribution in [0.4, 0.5) is 11.4 Å². The van der Waals surface area contributed by atoms with Gasteiger partial charge in [0.05, 0.1) is 0 Å². The van der Waals surface area contributed by atoms with Crippen molar-refractivity contribution in [1.29, 1.82) is 0 Å². The van der Waals surface area contributed by atoms with E-state index in [4.69, 9.17) is 5.73 Å². The van der Waals surface area contributed by atoms with E-state index < -0.39 is 0 Å². The van der Waals surface area contributed by atoms with E-state index in [0.29, 0.717) is 6.42 Å². The zero-order chi connectivity index (χ0) is 15.1. The quantitative estimate of drug-likeness (QED) is 0.846. The zero-order valence-electron chi connectivity index (χ0n) is 13.0. The molecule has 3 N–H and O–H groups in total. The third kappa shape index (κ3) is 5.38. The molecule has 1 aliphatic heterocycles. The van der Waals surface area contributed by atoms with E-state index in [1.54, 1.807) is 0 Å². The Morgan fingerprint density at radius 3 is 2.52 bits per heavy atom. The second kappa shape index (κ2) is 8.03. The molecule has 0 saturated carbocycles. The summed E-state index contributed by atoms with van der Waals surface area (Å²) in [6.07, 6.45) is 6.16. The summed E-state index contributed by atoms with van der Waals surface area (Å²) in [6, 6.07) is 8.36. The highest BCUT2D eigenvalue weighted by atomic mass is 16.1. The van der Waals surface area contributed by atoms with Crippen molar-refractivity contribution < 1.29 is 4.79 Å². The molecule has 0 bridgehead atoms. The van der Waals surface area contributed by atoms with Crippen LogP contribution >= 0.6 is 0 Å². The molecule has 1 aliphatic rings. The maximum Gasteiger partial charge on any atom is 0.224 e. The van der Waals surface area contributed by atoms with Crippen LogP contribution in [0.5, 0.6) is 0 Å². The number of carbonyl (C=O) groups is 1. The van der Waals surface area contributed by atoms with E-state index in [0.717, 1.165) is 31.6 Å². The van der Waals surface area contributed by atoms with Crippen molar-refractivity contribution in [3.8, 4) is 0 Å². The molecule has 1 saturated heterocycles. The summed E-state index contributed by atoms with van der Waals surface area (Å²) >= 11 is 0. The van der Waals surface area contributed by atoms with E-state index in [-0.39, 0.29) is 11.9 Å². The molecule has 1 heterocycles. The molecule has 116 valence electrons. The van der Waals surface area contributed by atoms with Crippen LogP contribution in [0.2, 0.25) is 0 Å². The van der Waals surface area contributed by atoms with Gasteiger partial charge in [0.15, 0.2) is 0 Å². The van der Waals surface area contributed by atoms with Gasteiger partial charge < -0.3 is 16.0 Å². The Morgan fingerprint density at radius 1 is 1.24 bits per heavy atom. The van der Waals surface area contributed by atoms with Gasteiger partial charge in [-0.05, 0) is 63.3 Å². The van der Waals surface area contributed by atoms with Gasteiger partial charge >= 0.3 is 0 Å². The highest BCUT2D eigenvalue weighted by Gasteiger charge is 2.10. The molecule has 1 aromatic carbocycles. The molecule has 1 fully saturated rings. The monoisotopic (exact) mass is 289 g/mol. The van der Waals surface area contributed by atoms with Gasteiger partial charge in [-0.25, -0.2) is 0 Å². The molecular weight excluding hydrogens is 262 g/mol. The predicted octanol–water partition coefficient (Wildman–Crippen LogP) is 3.13. The molecule has 1 amide bonds. The third-order valence-corrected chi connectivity index (χ3v) is 3.94. The highest BCUT2D eigenvalue weighted by molar-refractivity contribution is 5.90. The molecule has 1 unspecified atom stereocenters. The molecule has 0 spiro atoms. The summed E-state index contributed by atoms with van der Waals surface area (Å²) in [4.78, 5) is 14.2. The van der Waals surface area contributed by atoms with Crippen molar-refractivity contribution in [3.63, 3.8) is 0 Å². The van der Waals surface area contributed by atoms with Gasteiger partial charge in [0.1, 0.15) is 0 Å². The molecule has 0 radical (unpaired) electrons. The Labute approximate surface area is 127 Å². The number of nitrogens with one attached hydrogen (secondary N) is 1. The third-order valence-electron chi connectivity index (χ3n) is 3.94. The first-order valence-corrected chi connectivity index (χ1v) is 8.05. The van der Waals surface area contributed by atoms with Crippen LogP contribution in [0.3, 0.4) is 0 Å². The number of nitrogens with two attached hydrogens (primary N) is 1. The molecule has 1 aromatic rings. The summed E-state index contributed by atoms with van der Waals surface area (Å²) in [5, 5.41) is 2.95. The van der Waals surface area contributed by atoms with E-state index in [2.05, 4.69) is 22.3 Å². The highest BCUT2D eigenvalue weighted by Crippen LogP contribution is 2.21. The molecule has 2 rings (SSSR count). The minimum Gasteiger partial charge on any atom is -0.372 e. The molecule has 0 aromatic heterocycles. The van der Waals surface area contributed by atoms with E-state index >= 15 is 0 Å². The average Bonchev–Trinajstić information content (AvgIpc) is 2.48. The van der Waals surface area contributed by atoms with Crippen molar-refractivity contribution in [3.05, 3.63) is 24.3 Å². The molecule has 4 nitrogen and oxygen atoms in total. The van der Waals surface area contributed by atoms with Gasteiger partial charge in [-0.2, -0.15) is 0 Å². The Hall–Kier alpha value is -1.55. The van der Waals surface area contributed by atoms with Gasteiger partial charge in [0.25, 0.3) is 0 Å². The number of amides is 1. The normalized spacial score (nSPS) is 16.6. The lowest BCUT2D eigenvalue weighted by molar-refractivity contribution is -0.116. The number of nitrogens with zero attached hydrogens (tertiary/aromatic N) is 1. The number of carbonyl (C=O) groups excluding carboxylic acids is 1. The van der Waals surface area contributed by atoms with Crippen molar-refractivity contribution in [2.24, 2.45) is 5.73 Å². The Balaban J connectivity index is 1.80. The lowest BCUT2D eigenvalue weighted by atomic mass is 10.1. The molecular formula is C17H27N3O. The molecule has 1 atom stereocenters. The SMILES string of the molecule is CC(N)CCCC(=O)Nc1ccc(N2CCCCC2)cc1. The van der Waals surface area contributed by atoms with E-state index in [1.807, 2.05) is 19.1 Å². The first-order chi connectivity index (χ1) is 10.1. The van der Waals surface area contributed by atoms with Gasteiger partial charge in [-0.15, -0.1) is 0 Å². The number of piperidine rings is 1. The van der Waals surface area contributed by atoms with Gasteiger partial charge in [-0.3, -0.25) is 4.79 Å². The first-order valence-electron chi connectivity index (χ1n) is 8.05. The standard InChI is InChI=1S/C17H27N3O/c1-14(18)6-5-7-17(21)19-15-8-10-16(11-9-15)20-12-3-2-4-13-20/h8-11,14H,2-7,12-13,18H2,1H3,(H,19,21). The Kier molecular flexibility index (Phi) is 6.05. The number of anilines is 2. The summed E-state index contributed by atoms with van der Waals surface area (Å²) in [5.74, 6) is 0.0707. The van der Waals surface area contributed by atoms with Gasteiger partial charge in [0.2, 0.25) is 5.91 Å². The maximum absolute atomic E-state index is 11.8. The van der Waals surface area contributed by atoms with Crippen LogP contribution in [0.1, 0.15) is 45.4 Å². The average molecular weight is 289 g/mol. The molecule has 0 aliphatic carbocycles. The van der Waals surface area contributed by atoms with Crippen molar-refractivity contribution in [2.45, 2.75) is 51.5 Å². The second-order valence-electron chi connectivity index (χ2n) is 6.01. The van der Waals surface area contributed by atoms with Crippen LogP contribution in [0.25, 0.3) is 0 Å². The minimum absolute atomic E-state index is 0.0707. The van der Waals surface area contributed by atoms with E-state index in [1.165, 1.54) is 24.9 Å². The number of rotatable bonds is 6. The van der Waals surface area contributed by atoms with Crippen LogP contribution in [-0.2, 0) is 4.79 Å². The summed E-state index contributed by atoms with van der Waals surface area (Å²) in [7, 11) is 0. The van der Waals surface area contributed by atoms with Crippen LogP contribution < -0.4 is 16.0 Å². The summed E-state index contributed by atoms with van der Waals surface area (Å²) < 4.78 is 0. The maximum atomic E-state index is 11.8. The Morgan fingerprint density at radius 2 is 1.90 bits per heavy atom. The second-order valence-corrected chi connectivity index (χ2v) is 6.01. The minimum atomic E-state index is 0.0707. The predicted molar refractivity (Wildman–Crippen MR) is 88.6 cm³/mol. The topological polar surface area (TPSA) is 58.4 Å². The molecule has 4 heteroatoms. The fraction of sp³-hybridized carbons (Fsp3) is 0.588. The van der Waals surface area contributed by atoms with Crippen LogP contribution in [0, 0.1) is 0 Å². The number of benzene rings is 1. The molecule has 21 heavy (non-hydrogen) atoms. The lowest BCUT2D eigenvalue weighted by Gasteiger charge is -2.28. The van der Waals surface area contributed by atoms with E-state index in [9.17, 15) is 4.79 Å². The van der Waals surface area contributed by atoms with Gasteiger partial charge in [-0.1, -0.05) is 0 Å². The van der Waals surface area contributed by atoms with Crippen LogP contribution in [0.15, 0.2) is 24.3 Å². The summed E-state index contributed by atoms with van der Waals surface area (Å²) in [6.45, 7) is 4.25. The van der Waals surface area contributed by atoms with Crippen molar-refractivity contribution in [1.82, 2.24) is 0 Å². The fourth-order valence-electron chi connectivity index (χ4n) is 2.72. The fourth-order valence-corrected chi connectivity index (χ4v) is 2.72. The Bertz CT molecular complexity index is 436. The number of hydrogen-bond donors (Lipinski definition) is 2. The van der Waals surface area contributed by atoms with Crippen molar-refractivity contribution in [2.75, 3.05) is 23.3 Å². The largest absolute Gasteiger partial charge is 0.372 e. The number of hydrogen-bond acceptors (Lipinski definition) is 3. The smallest absolute Gasteiger partial charge is 0.224 e. The lowest BCUT2D eigenvalue weighted by Crippen LogP contribution is -2.29. The first kappa shape index (κ1) is 15.8. The summed E-state index contributed by atoms with van der Waals surface area (Å²) in [5.41, 5.74) is 7.81.